The molecule has 0 bridgehead atoms. The molecule has 1 aliphatic carbocycles. The number of hydrogen-bond acceptors (Lipinski definition) is 2. The molecule has 2 N–H and O–H groups in total. The summed E-state index contributed by atoms with van der Waals surface area (Å²) in [5.74, 6) is 0. The molecule has 2 heteroatoms. The van der Waals surface area contributed by atoms with Gasteiger partial charge in [-0.05, 0) is 54.4 Å². The molecular formula is C12H26N2. The van der Waals surface area contributed by atoms with Crippen LogP contribution in [0.15, 0.2) is 0 Å². The summed E-state index contributed by atoms with van der Waals surface area (Å²) < 4.78 is 0. The highest BCUT2D eigenvalue weighted by molar-refractivity contribution is 4.95. The molecule has 1 aliphatic rings. The molecule has 84 valence electrons. The predicted molar refractivity (Wildman–Crippen MR) is 62.6 cm³/mol. The maximum atomic E-state index is 3.63. The molecule has 0 atom stereocenters. The second kappa shape index (κ2) is 3.82. The van der Waals surface area contributed by atoms with Gasteiger partial charge in [-0.2, -0.15) is 0 Å². The highest BCUT2D eigenvalue weighted by Gasteiger charge is 2.33. The molecule has 0 spiro atoms. The van der Waals surface area contributed by atoms with Gasteiger partial charge in [-0.15, -0.1) is 0 Å². The van der Waals surface area contributed by atoms with Gasteiger partial charge in [0.15, 0.2) is 0 Å². The van der Waals surface area contributed by atoms with Gasteiger partial charge < -0.3 is 10.6 Å². The molecule has 0 unspecified atom stereocenters. The number of nitrogens with one attached hydrogen (secondary N) is 2. The fraction of sp³-hybridized carbons (Fsp3) is 1.00. The van der Waals surface area contributed by atoms with E-state index in [4.69, 9.17) is 0 Å². The van der Waals surface area contributed by atoms with Crippen LogP contribution in [0.3, 0.4) is 0 Å². The van der Waals surface area contributed by atoms with Crippen LogP contribution in [-0.2, 0) is 0 Å². The lowest BCUT2D eigenvalue weighted by Crippen LogP contribution is -2.58. The van der Waals surface area contributed by atoms with E-state index in [1.165, 1.54) is 12.8 Å². The van der Waals surface area contributed by atoms with Gasteiger partial charge in [0.25, 0.3) is 0 Å². The normalized spacial score (nSPS) is 28.7. The van der Waals surface area contributed by atoms with Crippen molar-refractivity contribution in [3.8, 4) is 0 Å². The summed E-state index contributed by atoms with van der Waals surface area (Å²) in [6.45, 7) is 13.4. The largest absolute Gasteiger partial charge is 0.309 e. The first-order valence-electron chi connectivity index (χ1n) is 5.71. The SMILES string of the molecule is CC(C)(C)NC1CC(NC(C)(C)C)C1. The summed E-state index contributed by atoms with van der Waals surface area (Å²) in [5.41, 5.74) is 0.523. The van der Waals surface area contributed by atoms with Crippen molar-refractivity contribution in [3.05, 3.63) is 0 Å². The molecule has 1 fully saturated rings. The first kappa shape index (κ1) is 12.0. The van der Waals surface area contributed by atoms with E-state index in [0.29, 0.717) is 0 Å². The van der Waals surface area contributed by atoms with Crippen LogP contribution in [0.25, 0.3) is 0 Å². The zero-order chi connectivity index (χ0) is 11.0. The van der Waals surface area contributed by atoms with E-state index < -0.39 is 0 Å². The molecular weight excluding hydrogens is 172 g/mol. The van der Waals surface area contributed by atoms with Crippen LogP contribution in [0.1, 0.15) is 54.4 Å². The summed E-state index contributed by atoms with van der Waals surface area (Å²) in [7, 11) is 0. The Hall–Kier alpha value is -0.0800. The molecule has 0 aliphatic heterocycles. The Bertz CT molecular complexity index is 159. The molecule has 0 saturated heterocycles. The quantitative estimate of drug-likeness (QED) is 0.711. The average Bonchev–Trinajstić information content (AvgIpc) is 1.75. The molecule has 2 nitrogen and oxygen atoms in total. The van der Waals surface area contributed by atoms with Crippen LogP contribution in [0.5, 0.6) is 0 Å². The standard InChI is InChI=1S/C12H26N2/c1-11(2,3)13-9-7-10(8-9)14-12(4,5)6/h9-10,13-14H,7-8H2,1-6H3. The molecule has 0 amide bonds. The van der Waals surface area contributed by atoms with Crippen molar-refractivity contribution >= 4 is 0 Å². The third kappa shape index (κ3) is 4.43. The van der Waals surface area contributed by atoms with Gasteiger partial charge in [-0.3, -0.25) is 0 Å². The Kier molecular flexibility index (Phi) is 3.27. The predicted octanol–water partition coefficient (Wildman–Crippen LogP) is 2.29. The third-order valence-corrected chi connectivity index (χ3v) is 2.41. The van der Waals surface area contributed by atoms with Crippen LogP contribution in [0, 0.1) is 0 Å². The summed E-state index contributed by atoms with van der Waals surface area (Å²) in [6.07, 6.45) is 2.54. The molecule has 14 heavy (non-hydrogen) atoms. The van der Waals surface area contributed by atoms with Gasteiger partial charge in [0.1, 0.15) is 0 Å². The zero-order valence-electron chi connectivity index (χ0n) is 10.6. The van der Waals surface area contributed by atoms with Gasteiger partial charge in [-0.25, -0.2) is 0 Å². The molecule has 0 radical (unpaired) electrons. The smallest absolute Gasteiger partial charge is 0.0101 e. The van der Waals surface area contributed by atoms with Gasteiger partial charge in [0.05, 0.1) is 0 Å². The van der Waals surface area contributed by atoms with Gasteiger partial charge in [0, 0.05) is 23.2 Å². The van der Waals surface area contributed by atoms with Crippen LogP contribution in [-0.4, -0.2) is 23.2 Å². The van der Waals surface area contributed by atoms with Crippen LogP contribution in [0.4, 0.5) is 0 Å². The first-order chi connectivity index (χ1) is 6.16. The second-order valence-corrected chi connectivity index (χ2v) is 6.65. The highest BCUT2D eigenvalue weighted by atomic mass is 15.1. The lowest BCUT2D eigenvalue weighted by molar-refractivity contribution is 0.180. The van der Waals surface area contributed by atoms with Crippen molar-refractivity contribution in [1.29, 1.82) is 0 Å². The van der Waals surface area contributed by atoms with E-state index in [-0.39, 0.29) is 11.1 Å². The Morgan fingerprint density at radius 2 is 1.00 bits per heavy atom. The maximum Gasteiger partial charge on any atom is 0.0101 e. The Morgan fingerprint density at radius 1 is 0.714 bits per heavy atom. The van der Waals surface area contributed by atoms with E-state index in [1.807, 2.05) is 0 Å². The number of rotatable bonds is 2. The summed E-state index contributed by atoms with van der Waals surface area (Å²) in [6, 6.07) is 1.43. The third-order valence-electron chi connectivity index (χ3n) is 2.41. The molecule has 0 heterocycles. The lowest BCUT2D eigenvalue weighted by Gasteiger charge is -2.43. The average molecular weight is 198 g/mol. The fourth-order valence-corrected chi connectivity index (χ4v) is 2.08. The number of hydrogen-bond donors (Lipinski definition) is 2. The van der Waals surface area contributed by atoms with E-state index in [0.717, 1.165) is 12.1 Å². The molecule has 1 saturated carbocycles. The van der Waals surface area contributed by atoms with Gasteiger partial charge >= 0.3 is 0 Å². The minimum Gasteiger partial charge on any atom is -0.309 e. The van der Waals surface area contributed by atoms with E-state index in [1.54, 1.807) is 0 Å². The van der Waals surface area contributed by atoms with Crippen molar-refractivity contribution in [1.82, 2.24) is 10.6 Å². The van der Waals surface area contributed by atoms with Crippen LogP contribution >= 0.6 is 0 Å². The van der Waals surface area contributed by atoms with E-state index in [9.17, 15) is 0 Å². The summed E-state index contributed by atoms with van der Waals surface area (Å²) >= 11 is 0. The van der Waals surface area contributed by atoms with Crippen molar-refractivity contribution < 1.29 is 0 Å². The first-order valence-corrected chi connectivity index (χ1v) is 5.71. The summed E-state index contributed by atoms with van der Waals surface area (Å²) in [5, 5.41) is 7.26. The molecule has 0 aromatic heterocycles. The monoisotopic (exact) mass is 198 g/mol. The molecule has 0 aromatic rings. The van der Waals surface area contributed by atoms with Crippen LogP contribution < -0.4 is 10.6 Å². The minimum absolute atomic E-state index is 0.261. The molecule has 0 aromatic carbocycles. The van der Waals surface area contributed by atoms with Crippen molar-refractivity contribution in [2.24, 2.45) is 0 Å². The maximum absolute atomic E-state index is 3.63. The van der Waals surface area contributed by atoms with Crippen molar-refractivity contribution in [2.75, 3.05) is 0 Å². The topological polar surface area (TPSA) is 24.1 Å². The van der Waals surface area contributed by atoms with E-state index >= 15 is 0 Å². The Labute approximate surface area is 88.8 Å². The van der Waals surface area contributed by atoms with E-state index in [2.05, 4.69) is 52.2 Å². The lowest BCUT2D eigenvalue weighted by atomic mass is 9.83. The zero-order valence-corrected chi connectivity index (χ0v) is 10.6. The minimum atomic E-state index is 0.261. The Balaban J connectivity index is 2.18. The molecule has 1 rings (SSSR count). The van der Waals surface area contributed by atoms with Crippen molar-refractivity contribution in [3.63, 3.8) is 0 Å². The Morgan fingerprint density at radius 3 is 1.21 bits per heavy atom. The summed E-state index contributed by atoms with van der Waals surface area (Å²) in [4.78, 5) is 0. The highest BCUT2D eigenvalue weighted by Crippen LogP contribution is 2.24. The van der Waals surface area contributed by atoms with Gasteiger partial charge in [-0.1, -0.05) is 0 Å². The van der Waals surface area contributed by atoms with Crippen molar-refractivity contribution in [2.45, 2.75) is 77.5 Å². The van der Waals surface area contributed by atoms with Crippen LogP contribution in [0.2, 0.25) is 0 Å². The van der Waals surface area contributed by atoms with Gasteiger partial charge in [0.2, 0.25) is 0 Å². The second-order valence-electron chi connectivity index (χ2n) is 6.65. The fourth-order valence-electron chi connectivity index (χ4n) is 2.08.